The average molecular weight is 504 g/mol. The number of benzene rings is 2. The monoisotopic (exact) mass is 503 g/mol. The third-order valence-corrected chi connectivity index (χ3v) is 6.71. The van der Waals surface area contributed by atoms with Crippen LogP contribution in [0.2, 0.25) is 5.02 Å². The van der Waals surface area contributed by atoms with Gasteiger partial charge in [0.05, 0.1) is 5.56 Å². The minimum atomic E-state index is -0.298. The molecule has 2 aliphatic rings. The van der Waals surface area contributed by atoms with E-state index in [9.17, 15) is 14.0 Å². The molecule has 1 N–H and O–H groups in total. The van der Waals surface area contributed by atoms with Gasteiger partial charge < -0.3 is 24.6 Å². The first-order chi connectivity index (χ1) is 16.8. The second-order valence-corrected chi connectivity index (χ2v) is 9.78. The summed E-state index contributed by atoms with van der Waals surface area (Å²) in [5.41, 5.74) is 0.304. The van der Waals surface area contributed by atoms with Crippen LogP contribution < -0.4 is 14.8 Å². The van der Waals surface area contributed by atoms with E-state index >= 15 is 0 Å². The first-order valence-electron chi connectivity index (χ1n) is 11.9. The highest BCUT2D eigenvalue weighted by Crippen LogP contribution is 2.37. The zero-order valence-electron chi connectivity index (χ0n) is 20.0. The van der Waals surface area contributed by atoms with Crippen LogP contribution in [0, 0.1) is 5.82 Å². The maximum Gasteiger partial charge on any atom is 0.261 e. The maximum absolute atomic E-state index is 13.2. The van der Waals surface area contributed by atoms with Crippen molar-refractivity contribution in [2.24, 2.45) is 0 Å². The minimum absolute atomic E-state index is 0.0170. The van der Waals surface area contributed by atoms with Gasteiger partial charge >= 0.3 is 0 Å². The number of ether oxygens (including phenoxy) is 2. The molecule has 35 heavy (non-hydrogen) atoms. The Morgan fingerprint density at radius 1 is 1.11 bits per heavy atom. The third-order valence-electron chi connectivity index (χ3n) is 6.48. The lowest BCUT2D eigenvalue weighted by Crippen LogP contribution is -2.50. The van der Waals surface area contributed by atoms with Crippen molar-refractivity contribution in [3.8, 4) is 11.5 Å². The van der Waals surface area contributed by atoms with Gasteiger partial charge in [-0.05, 0) is 69.4 Å². The number of carbonyl (C=O) groups is 2. The number of halogens is 2. The van der Waals surface area contributed by atoms with Gasteiger partial charge in [0, 0.05) is 43.0 Å². The number of hydrogen-bond acceptors (Lipinski definition) is 5. The fourth-order valence-electron chi connectivity index (χ4n) is 4.84. The number of nitrogens with one attached hydrogen (secondary N) is 1. The smallest absolute Gasteiger partial charge is 0.261 e. The Morgan fingerprint density at radius 3 is 2.46 bits per heavy atom. The fraction of sp³-hybridized carbons (Fsp3) is 0.462. The molecule has 0 aromatic heterocycles. The van der Waals surface area contributed by atoms with Crippen LogP contribution in [0.1, 0.15) is 36.0 Å². The van der Waals surface area contributed by atoms with Gasteiger partial charge in [-0.25, -0.2) is 4.39 Å². The molecule has 2 saturated heterocycles. The molecule has 9 heteroatoms. The lowest BCUT2D eigenvalue weighted by Gasteiger charge is -2.38. The van der Waals surface area contributed by atoms with Crippen LogP contribution in [0.15, 0.2) is 42.5 Å². The van der Waals surface area contributed by atoms with Gasteiger partial charge in [-0.15, -0.1) is 0 Å². The summed E-state index contributed by atoms with van der Waals surface area (Å²) in [7, 11) is 3.85. The summed E-state index contributed by atoms with van der Waals surface area (Å²) in [6, 6.07) is 11.0. The van der Waals surface area contributed by atoms with Crippen molar-refractivity contribution in [1.82, 2.24) is 15.1 Å². The van der Waals surface area contributed by atoms with E-state index in [-0.39, 0.29) is 42.4 Å². The number of fused-ring (bicyclic) bond motifs is 2. The molecule has 0 spiro atoms. The summed E-state index contributed by atoms with van der Waals surface area (Å²) in [6.07, 6.45) is 3.26. The van der Waals surface area contributed by atoms with Gasteiger partial charge in [-0.3, -0.25) is 9.59 Å². The molecule has 2 aromatic rings. The summed E-state index contributed by atoms with van der Waals surface area (Å²) < 4.78 is 25.0. The lowest BCUT2D eigenvalue weighted by molar-refractivity contribution is -0.139. The van der Waals surface area contributed by atoms with Crippen LogP contribution in [0.25, 0.3) is 0 Å². The number of likely N-dealkylation sites (N-methyl/N-ethyl adjacent to an activating group) is 1. The zero-order chi connectivity index (χ0) is 24.9. The van der Waals surface area contributed by atoms with Gasteiger partial charge in [-0.2, -0.15) is 0 Å². The van der Waals surface area contributed by atoms with Crippen molar-refractivity contribution in [3.05, 3.63) is 58.9 Å². The fourth-order valence-corrected chi connectivity index (χ4v) is 5.02. The van der Waals surface area contributed by atoms with Crippen molar-refractivity contribution in [1.29, 1.82) is 0 Å². The van der Waals surface area contributed by atoms with Gasteiger partial charge in [0.2, 0.25) is 0 Å². The average Bonchev–Trinajstić information content (AvgIpc) is 3.09. The predicted octanol–water partition coefficient (Wildman–Crippen LogP) is 3.75. The van der Waals surface area contributed by atoms with Crippen molar-refractivity contribution >= 4 is 23.4 Å². The minimum Gasteiger partial charge on any atom is -0.490 e. The van der Waals surface area contributed by atoms with E-state index in [4.69, 9.17) is 21.1 Å². The Morgan fingerprint density at radius 2 is 1.80 bits per heavy atom. The van der Waals surface area contributed by atoms with Crippen molar-refractivity contribution in [2.45, 2.75) is 43.9 Å². The van der Waals surface area contributed by atoms with Crippen LogP contribution in [-0.4, -0.2) is 73.6 Å². The first-order valence-corrected chi connectivity index (χ1v) is 12.3. The highest BCUT2D eigenvalue weighted by atomic mass is 35.5. The second kappa shape index (κ2) is 11.3. The molecule has 2 fully saturated rings. The normalized spacial score (nSPS) is 21.2. The molecule has 2 bridgehead atoms. The second-order valence-electron chi connectivity index (χ2n) is 9.34. The molecule has 2 heterocycles. The molecule has 1 unspecified atom stereocenters. The van der Waals surface area contributed by atoms with Crippen LogP contribution in [0.3, 0.4) is 0 Å². The molecule has 2 aliphatic heterocycles. The quantitative estimate of drug-likeness (QED) is 0.564. The summed E-state index contributed by atoms with van der Waals surface area (Å²) in [5, 5.41) is 3.27. The van der Waals surface area contributed by atoms with Gasteiger partial charge in [0.1, 0.15) is 23.4 Å². The van der Waals surface area contributed by atoms with E-state index in [1.165, 1.54) is 12.1 Å². The summed E-state index contributed by atoms with van der Waals surface area (Å²) in [5.74, 6) is 0.264. The van der Waals surface area contributed by atoms with E-state index in [0.29, 0.717) is 35.2 Å². The van der Waals surface area contributed by atoms with Crippen molar-refractivity contribution < 1.29 is 23.5 Å². The number of piperidine rings is 1. The largest absolute Gasteiger partial charge is 0.490 e. The molecule has 0 aliphatic carbocycles. The molecule has 7 nitrogen and oxygen atoms in total. The molecule has 4 rings (SSSR count). The van der Waals surface area contributed by atoms with Crippen molar-refractivity contribution in [2.75, 3.05) is 33.8 Å². The molecule has 0 saturated carbocycles. The number of rotatable bonds is 9. The Kier molecular flexibility index (Phi) is 8.13. The number of nitrogens with zero attached hydrogens (tertiary/aromatic N) is 2. The van der Waals surface area contributed by atoms with E-state index in [0.717, 1.165) is 25.7 Å². The van der Waals surface area contributed by atoms with E-state index < -0.39 is 0 Å². The molecule has 2 aromatic carbocycles. The SMILES string of the molecule is CN(C)CCNC(=O)c1cc(Cl)ccc1OCC(=O)N1[C@@H]2CC[C@H]1CC(Oc1ccc(F)cc1)C2. The summed E-state index contributed by atoms with van der Waals surface area (Å²) in [4.78, 5) is 29.7. The van der Waals surface area contributed by atoms with Gasteiger partial charge in [0.25, 0.3) is 11.8 Å². The number of amides is 2. The summed E-state index contributed by atoms with van der Waals surface area (Å²) >= 11 is 6.11. The van der Waals surface area contributed by atoms with Gasteiger partial charge in [-0.1, -0.05) is 11.6 Å². The third kappa shape index (κ3) is 6.44. The van der Waals surface area contributed by atoms with E-state index in [1.807, 2.05) is 23.9 Å². The highest BCUT2D eigenvalue weighted by molar-refractivity contribution is 6.31. The Hall–Kier alpha value is -2.84. The molecular weight excluding hydrogens is 473 g/mol. The van der Waals surface area contributed by atoms with Crippen LogP contribution >= 0.6 is 11.6 Å². The van der Waals surface area contributed by atoms with E-state index in [1.54, 1.807) is 30.3 Å². The molecule has 0 radical (unpaired) electrons. The standard InChI is InChI=1S/C26H31ClFN3O4/c1-30(2)12-11-29-26(33)23-13-17(27)3-10-24(23)34-16-25(32)31-19-6-7-20(31)15-22(14-19)35-21-8-4-18(28)5-9-21/h3-5,8-10,13,19-20,22H,6-7,11-12,14-16H2,1-2H3,(H,29,33)/t19-,20+,22?. The molecule has 2 amide bonds. The Balaban J connectivity index is 1.34. The molecular formula is C26H31ClFN3O4. The van der Waals surface area contributed by atoms with Crippen LogP contribution in [0.4, 0.5) is 4.39 Å². The Bertz CT molecular complexity index is 1040. The summed E-state index contributed by atoms with van der Waals surface area (Å²) in [6.45, 7) is 1.02. The van der Waals surface area contributed by atoms with Gasteiger partial charge in [0.15, 0.2) is 6.61 Å². The van der Waals surface area contributed by atoms with Crippen molar-refractivity contribution in [3.63, 3.8) is 0 Å². The Labute approximate surface area is 210 Å². The topological polar surface area (TPSA) is 71.1 Å². The van der Waals surface area contributed by atoms with Crippen LogP contribution in [0.5, 0.6) is 11.5 Å². The molecule has 188 valence electrons. The number of hydrogen-bond donors (Lipinski definition) is 1. The van der Waals surface area contributed by atoms with Crippen LogP contribution in [-0.2, 0) is 4.79 Å². The maximum atomic E-state index is 13.2. The first kappa shape index (κ1) is 25.3. The highest BCUT2D eigenvalue weighted by Gasteiger charge is 2.44. The lowest BCUT2D eigenvalue weighted by atomic mass is 9.99. The van der Waals surface area contributed by atoms with E-state index in [2.05, 4.69) is 5.32 Å². The predicted molar refractivity (Wildman–Crippen MR) is 132 cm³/mol. The molecule has 3 atom stereocenters. The zero-order valence-corrected chi connectivity index (χ0v) is 20.8. The number of carbonyl (C=O) groups excluding carboxylic acids is 2.